The molecule has 4 aromatic rings. The lowest BCUT2D eigenvalue weighted by atomic mass is 9.75. The summed E-state index contributed by atoms with van der Waals surface area (Å²) < 4.78 is 13.6. The summed E-state index contributed by atoms with van der Waals surface area (Å²) in [5.74, 6) is 0.136. The molecule has 0 unspecified atom stereocenters. The Morgan fingerprint density at radius 2 is 1.41 bits per heavy atom. The van der Waals surface area contributed by atoms with Crippen LogP contribution in [0, 0.1) is 5.92 Å². The highest BCUT2D eigenvalue weighted by Crippen LogP contribution is 2.42. The van der Waals surface area contributed by atoms with E-state index in [1.165, 1.54) is 24.2 Å². The summed E-state index contributed by atoms with van der Waals surface area (Å²) in [6, 6.07) is 31.1. The Kier molecular flexibility index (Phi) is 11.0. The molecule has 2 N–H and O–H groups in total. The van der Waals surface area contributed by atoms with Crippen molar-refractivity contribution in [1.82, 2.24) is 15.1 Å². The molecule has 292 valence electrons. The van der Waals surface area contributed by atoms with Crippen LogP contribution in [0.4, 0.5) is 0 Å². The summed E-state index contributed by atoms with van der Waals surface area (Å²) in [5.41, 5.74) is 6.07. The minimum atomic E-state index is -0.646. The predicted molar refractivity (Wildman–Crippen MR) is 214 cm³/mol. The zero-order chi connectivity index (χ0) is 39.0. The fourth-order valence-electron chi connectivity index (χ4n) is 9.31. The van der Waals surface area contributed by atoms with Crippen LogP contribution in [0.2, 0.25) is 0 Å². The number of nitrogens with zero attached hydrogens (tertiary/aromatic N) is 2. The number of ether oxygens (including phenoxy) is 2. The van der Waals surface area contributed by atoms with Gasteiger partial charge in [-0.05, 0) is 92.3 Å². The summed E-state index contributed by atoms with van der Waals surface area (Å²) >= 11 is 0. The molecule has 0 bridgehead atoms. The molecule has 4 aliphatic rings. The maximum absolute atomic E-state index is 13.9. The number of fused-ring (bicyclic) bond motifs is 2. The number of carbonyl (C=O) groups is 3. The third kappa shape index (κ3) is 7.96. The SMILES string of the molecule is CC(C)(C)NC(=O)[C@H]1CC[C@H]2CCCC[C@H]2N1C[C@H]1C[C@@H](c2ccc(CO)cc2)O[C@@H](c2ccc(-c3ccccc3CN3C(=O)c4ccccc4C3=O)cc2)O1. The molecule has 0 aromatic heterocycles. The van der Waals surface area contributed by atoms with E-state index in [0.29, 0.717) is 36.1 Å². The molecule has 9 nitrogen and oxygen atoms in total. The molecular weight excluding hydrogens is 703 g/mol. The lowest BCUT2D eigenvalue weighted by Gasteiger charge is -2.50. The molecule has 3 aliphatic heterocycles. The van der Waals surface area contributed by atoms with Crippen LogP contribution < -0.4 is 5.32 Å². The first kappa shape index (κ1) is 38.2. The van der Waals surface area contributed by atoms with Crippen LogP contribution in [0.25, 0.3) is 11.1 Å². The van der Waals surface area contributed by atoms with Gasteiger partial charge in [-0.3, -0.25) is 24.2 Å². The number of nitrogens with one attached hydrogen (secondary N) is 1. The van der Waals surface area contributed by atoms with Gasteiger partial charge >= 0.3 is 0 Å². The second-order valence-electron chi connectivity index (χ2n) is 17.0. The summed E-state index contributed by atoms with van der Waals surface area (Å²) in [6.07, 6.45) is 6.20. The first-order valence-corrected chi connectivity index (χ1v) is 20.3. The molecule has 1 aliphatic carbocycles. The van der Waals surface area contributed by atoms with Crippen molar-refractivity contribution in [2.75, 3.05) is 6.54 Å². The minimum absolute atomic E-state index is 0.0243. The van der Waals surface area contributed by atoms with E-state index in [1.54, 1.807) is 24.3 Å². The summed E-state index contributed by atoms with van der Waals surface area (Å²) in [5, 5.41) is 13.0. The molecule has 9 heteroatoms. The largest absolute Gasteiger partial charge is 0.392 e. The first-order valence-electron chi connectivity index (χ1n) is 20.3. The second kappa shape index (κ2) is 16.1. The minimum Gasteiger partial charge on any atom is -0.392 e. The van der Waals surface area contributed by atoms with Crippen molar-refractivity contribution in [1.29, 1.82) is 0 Å². The summed E-state index contributed by atoms with van der Waals surface area (Å²) in [6.45, 7) is 6.91. The van der Waals surface area contributed by atoms with Gasteiger partial charge < -0.3 is 19.9 Å². The van der Waals surface area contributed by atoms with Gasteiger partial charge in [0.2, 0.25) is 5.91 Å². The van der Waals surface area contributed by atoms with Crippen LogP contribution in [0.5, 0.6) is 0 Å². The van der Waals surface area contributed by atoms with Gasteiger partial charge in [-0.25, -0.2) is 0 Å². The average Bonchev–Trinajstić information content (AvgIpc) is 3.45. The highest BCUT2D eigenvalue weighted by atomic mass is 16.7. The van der Waals surface area contributed by atoms with Crippen LogP contribution >= 0.6 is 0 Å². The third-order valence-corrected chi connectivity index (χ3v) is 12.1. The molecular formula is C47H53N3O6. The van der Waals surface area contributed by atoms with Crippen LogP contribution in [-0.2, 0) is 27.4 Å². The fourth-order valence-corrected chi connectivity index (χ4v) is 9.31. The number of likely N-dealkylation sites (tertiary alicyclic amines) is 1. The van der Waals surface area contributed by atoms with Gasteiger partial charge in [-0.1, -0.05) is 97.8 Å². The standard InChI is InChI=1S/C47H53N3O6/c1-47(2,3)48-43(52)41-25-24-32-10-5-9-15-40(32)49(41)28-36-26-42(33-18-16-30(29-51)17-19-33)56-46(55-36)34-22-20-31(21-23-34)37-12-6-4-11-35(37)27-50-44(53)38-13-7-8-14-39(38)45(50)54/h4,6-8,11-14,16-23,32,36,40-42,46,51H,5,9-10,15,24-29H2,1-3H3,(H,48,52)/t32-,36-,40-,41-,42+,46+/m1/s1. The molecule has 6 atom stereocenters. The van der Waals surface area contributed by atoms with Crippen molar-refractivity contribution in [3.8, 4) is 11.1 Å². The van der Waals surface area contributed by atoms with Gasteiger partial charge in [-0.2, -0.15) is 0 Å². The number of hydrogen-bond donors (Lipinski definition) is 2. The zero-order valence-corrected chi connectivity index (χ0v) is 32.7. The number of aliphatic hydroxyl groups is 1. The Hall–Kier alpha value is -4.67. The average molecular weight is 756 g/mol. The number of amides is 3. The maximum Gasteiger partial charge on any atom is 0.261 e. The molecule has 3 heterocycles. The number of carbonyl (C=O) groups excluding carboxylic acids is 3. The predicted octanol–water partition coefficient (Wildman–Crippen LogP) is 8.13. The van der Waals surface area contributed by atoms with Crippen LogP contribution in [-0.4, -0.2) is 62.9 Å². The van der Waals surface area contributed by atoms with E-state index < -0.39 is 6.29 Å². The molecule has 56 heavy (non-hydrogen) atoms. The van der Waals surface area contributed by atoms with Gasteiger partial charge in [0.05, 0.1) is 42.5 Å². The van der Waals surface area contributed by atoms with E-state index in [4.69, 9.17) is 9.47 Å². The number of hydrogen-bond acceptors (Lipinski definition) is 7. The van der Waals surface area contributed by atoms with Crippen molar-refractivity contribution in [2.45, 2.75) is 115 Å². The smallest absolute Gasteiger partial charge is 0.261 e. The number of piperidine rings is 1. The van der Waals surface area contributed by atoms with Crippen LogP contribution in [0.3, 0.4) is 0 Å². The Balaban J connectivity index is 1.06. The molecule has 3 fully saturated rings. The monoisotopic (exact) mass is 755 g/mol. The van der Waals surface area contributed by atoms with Gasteiger partial charge in [0.15, 0.2) is 6.29 Å². The van der Waals surface area contributed by atoms with Gasteiger partial charge in [-0.15, -0.1) is 0 Å². The first-order chi connectivity index (χ1) is 27.1. The second-order valence-corrected chi connectivity index (χ2v) is 17.0. The molecule has 4 aromatic carbocycles. The van der Waals surface area contributed by atoms with E-state index in [-0.39, 0.29) is 54.7 Å². The molecule has 8 rings (SSSR count). The van der Waals surface area contributed by atoms with Crippen molar-refractivity contribution >= 4 is 17.7 Å². The number of imide groups is 1. The van der Waals surface area contributed by atoms with E-state index >= 15 is 0 Å². The fraction of sp³-hybridized carbons (Fsp3) is 0.426. The van der Waals surface area contributed by atoms with E-state index in [9.17, 15) is 19.5 Å². The molecule has 0 radical (unpaired) electrons. The van der Waals surface area contributed by atoms with Gasteiger partial charge in [0, 0.05) is 30.1 Å². The molecule has 3 amide bonds. The molecule has 1 saturated carbocycles. The van der Waals surface area contributed by atoms with Crippen LogP contribution in [0.15, 0.2) is 97.1 Å². The van der Waals surface area contributed by atoms with E-state index in [2.05, 4.69) is 10.2 Å². The lowest BCUT2D eigenvalue weighted by Crippen LogP contribution is -2.61. The van der Waals surface area contributed by atoms with E-state index in [1.807, 2.05) is 93.6 Å². The van der Waals surface area contributed by atoms with Gasteiger partial charge in [0.1, 0.15) is 0 Å². The highest BCUT2D eigenvalue weighted by Gasteiger charge is 2.44. The summed E-state index contributed by atoms with van der Waals surface area (Å²) in [7, 11) is 0. The quantitative estimate of drug-likeness (QED) is 0.166. The van der Waals surface area contributed by atoms with Gasteiger partial charge in [0.25, 0.3) is 11.8 Å². The van der Waals surface area contributed by atoms with Crippen molar-refractivity contribution in [3.63, 3.8) is 0 Å². The summed E-state index contributed by atoms with van der Waals surface area (Å²) in [4.78, 5) is 44.1. The topological polar surface area (TPSA) is 108 Å². The highest BCUT2D eigenvalue weighted by molar-refractivity contribution is 6.21. The number of benzene rings is 4. The zero-order valence-electron chi connectivity index (χ0n) is 32.7. The Bertz CT molecular complexity index is 2020. The number of aliphatic hydroxyl groups excluding tert-OH is 1. The van der Waals surface area contributed by atoms with E-state index in [0.717, 1.165) is 52.6 Å². The normalized spacial score (nSPS) is 25.5. The lowest BCUT2D eigenvalue weighted by molar-refractivity contribution is -0.255. The maximum atomic E-state index is 13.9. The van der Waals surface area contributed by atoms with Crippen molar-refractivity contribution in [2.24, 2.45) is 5.92 Å². The van der Waals surface area contributed by atoms with Crippen LogP contribution in [0.1, 0.15) is 121 Å². The Morgan fingerprint density at radius 1 is 0.768 bits per heavy atom. The van der Waals surface area contributed by atoms with Crippen molar-refractivity contribution in [3.05, 3.63) is 130 Å². The molecule has 0 spiro atoms. The number of rotatable bonds is 9. The Labute approximate surface area is 330 Å². The third-order valence-electron chi connectivity index (χ3n) is 12.1. The Morgan fingerprint density at radius 3 is 2.09 bits per heavy atom. The molecule has 2 saturated heterocycles. The van der Waals surface area contributed by atoms with Crippen molar-refractivity contribution < 1.29 is 29.0 Å².